The molecule has 0 saturated carbocycles. The first-order chi connectivity index (χ1) is 11.6. The summed E-state index contributed by atoms with van der Waals surface area (Å²) in [5.41, 5.74) is 4.84. The third kappa shape index (κ3) is 3.42. The highest BCUT2D eigenvalue weighted by molar-refractivity contribution is 6.42. The van der Waals surface area contributed by atoms with Crippen LogP contribution in [-0.2, 0) is 0 Å². The standard InChI is InChI=1S/C19H14Cl2N2O/c1-12-6-8-14-4-2-3-5-15(14)18(12)19(24)23-22-11-13-7-9-16(20)17(21)10-13/h2-11H,1H3,(H,23,24)/b22-11-. The Kier molecular flexibility index (Phi) is 4.84. The molecule has 3 nitrogen and oxygen atoms in total. The Bertz CT molecular complexity index is 951. The predicted molar refractivity (Wildman–Crippen MR) is 100 cm³/mol. The molecular weight excluding hydrogens is 343 g/mol. The maximum atomic E-state index is 12.5. The Balaban J connectivity index is 1.84. The minimum absolute atomic E-state index is 0.249. The van der Waals surface area contributed by atoms with Crippen molar-refractivity contribution in [2.75, 3.05) is 0 Å². The summed E-state index contributed by atoms with van der Waals surface area (Å²) in [5.74, 6) is -0.249. The van der Waals surface area contributed by atoms with Crippen LogP contribution in [0, 0.1) is 6.92 Å². The Morgan fingerprint density at radius 1 is 1.04 bits per heavy atom. The molecule has 3 aromatic rings. The molecule has 0 aliphatic heterocycles. The molecule has 3 rings (SSSR count). The van der Waals surface area contributed by atoms with Gasteiger partial charge >= 0.3 is 0 Å². The summed E-state index contributed by atoms with van der Waals surface area (Å²) in [5, 5.41) is 6.85. The van der Waals surface area contributed by atoms with Gasteiger partial charge in [-0.25, -0.2) is 5.43 Å². The number of hydrogen-bond acceptors (Lipinski definition) is 2. The molecule has 120 valence electrons. The molecule has 0 radical (unpaired) electrons. The molecule has 1 amide bonds. The van der Waals surface area contributed by atoms with Crippen LogP contribution in [0.4, 0.5) is 0 Å². The number of rotatable bonds is 3. The van der Waals surface area contributed by atoms with E-state index in [0.717, 1.165) is 21.9 Å². The second-order valence-electron chi connectivity index (χ2n) is 5.35. The highest BCUT2D eigenvalue weighted by Gasteiger charge is 2.12. The Morgan fingerprint density at radius 2 is 1.83 bits per heavy atom. The monoisotopic (exact) mass is 356 g/mol. The minimum atomic E-state index is -0.249. The van der Waals surface area contributed by atoms with Gasteiger partial charge in [-0.15, -0.1) is 0 Å². The van der Waals surface area contributed by atoms with Gasteiger partial charge in [-0.1, -0.05) is 65.7 Å². The molecule has 3 aromatic carbocycles. The number of fused-ring (bicyclic) bond motifs is 1. The van der Waals surface area contributed by atoms with Crippen LogP contribution < -0.4 is 5.43 Å². The van der Waals surface area contributed by atoms with E-state index in [4.69, 9.17) is 23.2 Å². The number of nitrogens with one attached hydrogen (secondary N) is 1. The predicted octanol–water partition coefficient (Wildman–Crippen LogP) is 5.22. The first-order valence-corrected chi connectivity index (χ1v) is 8.08. The molecule has 0 unspecified atom stereocenters. The molecule has 0 aliphatic rings. The van der Waals surface area contributed by atoms with Crippen LogP contribution in [0.2, 0.25) is 10.0 Å². The van der Waals surface area contributed by atoms with Gasteiger partial charge in [0.1, 0.15) is 0 Å². The summed E-state index contributed by atoms with van der Waals surface area (Å²) >= 11 is 11.8. The van der Waals surface area contributed by atoms with Crippen LogP contribution >= 0.6 is 23.2 Å². The molecule has 0 atom stereocenters. The van der Waals surface area contributed by atoms with Gasteiger partial charge in [0.15, 0.2) is 0 Å². The second-order valence-corrected chi connectivity index (χ2v) is 6.17. The molecule has 0 aromatic heterocycles. The summed E-state index contributed by atoms with van der Waals surface area (Å²) < 4.78 is 0. The van der Waals surface area contributed by atoms with E-state index in [2.05, 4.69) is 10.5 Å². The molecule has 1 N–H and O–H groups in total. The van der Waals surface area contributed by atoms with E-state index in [-0.39, 0.29) is 5.91 Å². The van der Waals surface area contributed by atoms with Crippen LogP contribution in [-0.4, -0.2) is 12.1 Å². The van der Waals surface area contributed by atoms with Crippen molar-refractivity contribution in [2.24, 2.45) is 5.10 Å². The van der Waals surface area contributed by atoms with E-state index in [0.29, 0.717) is 15.6 Å². The summed E-state index contributed by atoms with van der Waals surface area (Å²) in [6.45, 7) is 1.91. The van der Waals surface area contributed by atoms with Gasteiger partial charge in [-0.3, -0.25) is 4.79 Å². The smallest absolute Gasteiger partial charge is 0.267 e. The van der Waals surface area contributed by atoms with Crippen LogP contribution in [0.1, 0.15) is 21.5 Å². The lowest BCUT2D eigenvalue weighted by molar-refractivity contribution is 0.0956. The van der Waals surface area contributed by atoms with Crippen molar-refractivity contribution in [3.05, 3.63) is 81.3 Å². The van der Waals surface area contributed by atoms with E-state index in [1.54, 1.807) is 18.2 Å². The summed E-state index contributed by atoms with van der Waals surface area (Å²) in [6.07, 6.45) is 1.53. The average Bonchev–Trinajstić information content (AvgIpc) is 2.58. The van der Waals surface area contributed by atoms with Crippen LogP contribution in [0.15, 0.2) is 59.7 Å². The van der Waals surface area contributed by atoms with E-state index in [1.165, 1.54) is 6.21 Å². The van der Waals surface area contributed by atoms with Gasteiger partial charge in [0.2, 0.25) is 0 Å². The quantitative estimate of drug-likeness (QED) is 0.507. The first kappa shape index (κ1) is 16.5. The van der Waals surface area contributed by atoms with Crippen molar-refractivity contribution in [3.63, 3.8) is 0 Å². The molecule has 0 saturated heterocycles. The van der Waals surface area contributed by atoms with Gasteiger partial charge in [0.25, 0.3) is 5.91 Å². The zero-order chi connectivity index (χ0) is 17.1. The third-order valence-corrected chi connectivity index (χ3v) is 4.43. The lowest BCUT2D eigenvalue weighted by Crippen LogP contribution is -2.19. The zero-order valence-corrected chi connectivity index (χ0v) is 14.4. The number of benzene rings is 3. The van der Waals surface area contributed by atoms with Gasteiger partial charge in [-0.2, -0.15) is 5.10 Å². The van der Waals surface area contributed by atoms with E-state index in [1.807, 2.05) is 43.3 Å². The molecule has 0 fully saturated rings. The Labute approximate surface area is 149 Å². The summed E-state index contributed by atoms with van der Waals surface area (Å²) in [4.78, 5) is 12.5. The van der Waals surface area contributed by atoms with Crippen LogP contribution in [0.25, 0.3) is 10.8 Å². The van der Waals surface area contributed by atoms with Crippen LogP contribution in [0.5, 0.6) is 0 Å². The SMILES string of the molecule is Cc1ccc2ccccc2c1C(=O)N/N=C\c1ccc(Cl)c(Cl)c1. The fourth-order valence-corrected chi connectivity index (χ4v) is 2.80. The largest absolute Gasteiger partial charge is 0.272 e. The first-order valence-electron chi connectivity index (χ1n) is 7.33. The molecule has 0 spiro atoms. The summed E-state index contributed by atoms with van der Waals surface area (Å²) in [6, 6.07) is 16.8. The number of hydrogen-bond donors (Lipinski definition) is 1. The van der Waals surface area contributed by atoms with Gasteiger partial charge in [-0.05, 0) is 41.0 Å². The second kappa shape index (κ2) is 7.04. The third-order valence-electron chi connectivity index (χ3n) is 3.69. The molecule has 5 heteroatoms. The van der Waals surface area contributed by atoms with Crippen molar-refractivity contribution in [3.8, 4) is 0 Å². The molecule has 0 aliphatic carbocycles. The van der Waals surface area contributed by atoms with E-state index < -0.39 is 0 Å². The fraction of sp³-hybridized carbons (Fsp3) is 0.0526. The Morgan fingerprint density at radius 3 is 2.62 bits per heavy atom. The molecular formula is C19H14Cl2N2O. The topological polar surface area (TPSA) is 41.5 Å². The van der Waals surface area contributed by atoms with Crippen molar-refractivity contribution >= 4 is 46.1 Å². The summed E-state index contributed by atoms with van der Waals surface area (Å²) in [7, 11) is 0. The van der Waals surface area contributed by atoms with Crippen molar-refractivity contribution in [1.29, 1.82) is 0 Å². The number of hydrazone groups is 1. The minimum Gasteiger partial charge on any atom is -0.267 e. The maximum Gasteiger partial charge on any atom is 0.272 e. The zero-order valence-electron chi connectivity index (χ0n) is 12.9. The maximum absolute atomic E-state index is 12.5. The van der Waals surface area contributed by atoms with E-state index in [9.17, 15) is 4.79 Å². The number of amides is 1. The van der Waals surface area contributed by atoms with Crippen LogP contribution in [0.3, 0.4) is 0 Å². The van der Waals surface area contributed by atoms with Crippen molar-refractivity contribution < 1.29 is 4.79 Å². The highest BCUT2D eigenvalue weighted by Crippen LogP contribution is 2.23. The highest BCUT2D eigenvalue weighted by atomic mass is 35.5. The number of carbonyl (C=O) groups excluding carboxylic acids is 1. The fourth-order valence-electron chi connectivity index (χ4n) is 2.50. The lowest BCUT2D eigenvalue weighted by atomic mass is 9.99. The van der Waals surface area contributed by atoms with Gasteiger partial charge < -0.3 is 0 Å². The number of carbonyl (C=O) groups is 1. The van der Waals surface area contributed by atoms with Gasteiger partial charge in [0.05, 0.1) is 21.8 Å². The number of halogens is 2. The average molecular weight is 357 g/mol. The number of aryl methyl sites for hydroxylation is 1. The molecule has 24 heavy (non-hydrogen) atoms. The normalized spacial score (nSPS) is 11.1. The number of nitrogens with zero attached hydrogens (tertiary/aromatic N) is 1. The molecule has 0 heterocycles. The molecule has 0 bridgehead atoms. The van der Waals surface area contributed by atoms with E-state index >= 15 is 0 Å². The van der Waals surface area contributed by atoms with Gasteiger partial charge in [0, 0.05) is 0 Å². The van der Waals surface area contributed by atoms with Crippen molar-refractivity contribution in [1.82, 2.24) is 5.43 Å². The lowest BCUT2D eigenvalue weighted by Gasteiger charge is -2.08. The van der Waals surface area contributed by atoms with Crippen molar-refractivity contribution in [2.45, 2.75) is 6.92 Å². The Hall–Kier alpha value is -2.36.